The van der Waals surface area contributed by atoms with Crippen LogP contribution in [0.3, 0.4) is 0 Å². The molecule has 30 heavy (non-hydrogen) atoms. The molecule has 2 aliphatic rings. The van der Waals surface area contributed by atoms with Gasteiger partial charge < -0.3 is 15.5 Å². The molecule has 0 radical (unpaired) electrons. The molecule has 0 atom stereocenters. The van der Waals surface area contributed by atoms with E-state index < -0.39 is 0 Å². The third-order valence-corrected chi connectivity index (χ3v) is 7.79. The third-order valence-electron chi connectivity index (χ3n) is 6.56. The van der Waals surface area contributed by atoms with Crippen molar-refractivity contribution in [2.45, 2.75) is 77.3 Å². The Bertz CT molecular complexity index is 823. The van der Waals surface area contributed by atoms with Crippen molar-refractivity contribution in [1.82, 2.24) is 15.3 Å². The maximum Gasteiger partial charge on any atom is 0.225 e. The summed E-state index contributed by atoms with van der Waals surface area (Å²) in [5, 5.41) is 7.36. The number of fused-ring (bicyclic) bond motifs is 1. The monoisotopic (exact) mass is 427 g/mol. The van der Waals surface area contributed by atoms with Crippen molar-refractivity contribution in [2.24, 2.45) is 5.92 Å². The fourth-order valence-corrected chi connectivity index (χ4v) is 5.74. The van der Waals surface area contributed by atoms with Gasteiger partial charge in [-0.05, 0) is 82.4 Å². The summed E-state index contributed by atoms with van der Waals surface area (Å²) in [7, 11) is 4.19. The minimum atomic E-state index is 0.502. The average Bonchev–Trinajstić information content (AvgIpc) is 3.22. The summed E-state index contributed by atoms with van der Waals surface area (Å²) in [4.78, 5) is 14.9. The van der Waals surface area contributed by atoms with Gasteiger partial charge >= 0.3 is 0 Å². The van der Waals surface area contributed by atoms with Gasteiger partial charge in [0.15, 0.2) is 0 Å². The lowest BCUT2D eigenvalue weighted by molar-refractivity contribution is 0.324. The molecular formula is C24H37N5S. The molecule has 2 heterocycles. The summed E-state index contributed by atoms with van der Waals surface area (Å²) >= 11 is 1.94. The number of aromatic nitrogens is 2. The summed E-state index contributed by atoms with van der Waals surface area (Å²) in [5.74, 6) is 2.74. The molecule has 2 aromatic rings. The summed E-state index contributed by atoms with van der Waals surface area (Å²) < 4.78 is 0. The Morgan fingerprint density at radius 1 is 1.03 bits per heavy atom. The van der Waals surface area contributed by atoms with Crippen LogP contribution in [-0.2, 0) is 25.8 Å². The first-order chi connectivity index (χ1) is 14.6. The van der Waals surface area contributed by atoms with Crippen molar-refractivity contribution in [2.75, 3.05) is 30.9 Å². The van der Waals surface area contributed by atoms with E-state index in [1.165, 1.54) is 59.5 Å². The van der Waals surface area contributed by atoms with Crippen LogP contribution in [0.4, 0.5) is 11.8 Å². The number of nitrogens with zero attached hydrogens (tertiary/aromatic N) is 3. The van der Waals surface area contributed by atoms with Crippen molar-refractivity contribution in [1.29, 1.82) is 0 Å². The van der Waals surface area contributed by atoms with Crippen LogP contribution in [-0.4, -0.2) is 36.6 Å². The predicted octanol–water partition coefficient (Wildman–Crippen LogP) is 4.81. The largest absolute Gasteiger partial charge is 0.362 e. The Morgan fingerprint density at radius 3 is 2.53 bits per heavy atom. The highest BCUT2D eigenvalue weighted by atomic mass is 32.1. The van der Waals surface area contributed by atoms with E-state index in [2.05, 4.69) is 48.7 Å². The molecule has 1 fully saturated rings. The van der Waals surface area contributed by atoms with E-state index in [4.69, 9.17) is 9.97 Å². The SMILES string of the molecule is CCc1ccc(CNC[C@H]2CC[C@@H](Nc3nc4c(c(N(C)C)n3)CCCC4)CC2)s1. The summed E-state index contributed by atoms with van der Waals surface area (Å²) in [5.41, 5.74) is 2.63. The van der Waals surface area contributed by atoms with Crippen LogP contribution in [0.2, 0.25) is 0 Å². The number of hydrogen-bond donors (Lipinski definition) is 2. The van der Waals surface area contributed by atoms with Gasteiger partial charge in [-0.2, -0.15) is 4.98 Å². The summed E-state index contributed by atoms with van der Waals surface area (Å²) in [6.45, 7) is 4.37. The van der Waals surface area contributed by atoms with E-state index in [0.717, 1.165) is 50.0 Å². The second kappa shape index (κ2) is 10.1. The lowest BCUT2D eigenvalue weighted by Crippen LogP contribution is -2.32. The third kappa shape index (κ3) is 5.33. The maximum absolute atomic E-state index is 4.90. The molecule has 2 aromatic heterocycles. The predicted molar refractivity (Wildman–Crippen MR) is 128 cm³/mol. The molecule has 5 nitrogen and oxygen atoms in total. The van der Waals surface area contributed by atoms with E-state index in [9.17, 15) is 0 Å². The van der Waals surface area contributed by atoms with Gasteiger partial charge in [-0.15, -0.1) is 11.3 Å². The summed E-state index contributed by atoms with van der Waals surface area (Å²) in [6.07, 6.45) is 10.8. The zero-order chi connectivity index (χ0) is 20.9. The van der Waals surface area contributed by atoms with Crippen LogP contribution < -0.4 is 15.5 Å². The minimum Gasteiger partial charge on any atom is -0.362 e. The molecular weight excluding hydrogens is 390 g/mol. The molecule has 6 heteroatoms. The fraction of sp³-hybridized carbons (Fsp3) is 0.667. The van der Waals surface area contributed by atoms with E-state index >= 15 is 0 Å². The van der Waals surface area contributed by atoms with E-state index in [1.807, 2.05) is 11.3 Å². The lowest BCUT2D eigenvalue weighted by atomic mass is 9.86. The highest BCUT2D eigenvalue weighted by molar-refractivity contribution is 7.11. The normalized spacial score (nSPS) is 21.3. The number of rotatable bonds is 8. The highest BCUT2D eigenvalue weighted by Gasteiger charge is 2.24. The Balaban J connectivity index is 1.26. The molecule has 0 spiro atoms. The number of thiophene rings is 1. The molecule has 0 aromatic carbocycles. The molecule has 0 amide bonds. The molecule has 0 unspecified atom stereocenters. The summed E-state index contributed by atoms with van der Waals surface area (Å²) in [6, 6.07) is 5.04. The first-order valence-electron chi connectivity index (χ1n) is 11.7. The molecule has 2 N–H and O–H groups in total. The number of nitrogens with one attached hydrogen (secondary N) is 2. The number of anilines is 2. The van der Waals surface area contributed by atoms with Crippen LogP contribution in [0.5, 0.6) is 0 Å². The first-order valence-corrected chi connectivity index (χ1v) is 12.6. The fourth-order valence-electron chi connectivity index (χ4n) is 4.81. The molecule has 4 rings (SSSR count). The Labute approximate surface area is 185 Å². The van der Waals surface area contributed by atoms with Crippen molar-refractivity contribution in [3.8, 4) is 0 Å². The lowest BCUT2D eigenvalue weighted by Gasteiger charge is -2.30. The van der Waals surface area contributed by atoms with E-state index in [-0.39, 0.29) is 0 Å². The molecule has 0 bridgehead atoms. The number of hydrogen-bond acceptors (Lipinski definition) is 6. The molecule has 0 aliphatic heterocycles. The quantitative estimate of drug-likeness (QED) is 0.633. The standard InChI is InChI=1S/C24H37N5S/c1-4-19-13-14-20(30-19)16-25-15-17-9-11-18(12-10-17)26-24-27-22-8-6-5-7-21(22)23(28-24)29(2)3/h13-14,17-18,25H,4-12,15-16H2,1-3H3,(H,26,27,28)/t17-,18+. The van der Waals surface area contributed by atoms with Gasteiger partial charge in [0.1, 0.15) is 5.82 Å². The van der Waals surface area contributed by atoms with Crippen molar-refractivity contribution < 1.29 is 0 Å². The molecule has 1 saturated carbocycles. The van der Waals surface area contributed by atoms with E-state index in [1.54, 1.807) is 0 Å². The van der Waals surface area contributed by atoms with Crippen molar-refractivity contribution in [3.63, 3.8) is 0 Å². The average molecular weight is 428 g/mol. The smallest absolute Gasteiger partial charge is 0.225 e. The van der Waals surface area contributed by atoms with Crippen LogP contribution in [0.15, 0.2) is 12.1 Å². The van der Waals surface area contributed by atoms with Crippen molar-refractivity contribution in [3.05, 3.63) is 33.1 Å². The minimum absolute atomic E-state index is 0.502. The van der Waals surface area contributed by atoms with Gasteiger partial charge in [0.05, 0.1) is 5.69 Å². The van der Waals surface area contributed by atoms with Crippen LogP contribution >= 0.6 is 11.3 Å². The zero-order valence-corrected chi connectivity index (χ0v) is 19.7. The molecule has 164 valence electrons. The van der Waals surface area contributed by atoms with Crippen molar-refractivity contribution >= 4 is 23.1 Å². The number of aryl methyl sites for hydroxylation is 2. The molecule has 0 saturated heterocycles. The first kappa shape index (κ1) is 21.6. The van der Waals surface area contributed by atoms with Crippen LogP contribution in [0, 0.1) is 5.92 Å². The zero-order valence-electron chi connectivity index (χ0n) is 18.8. The maximum atomic E-state index is 4.90. The Hall–Kier alpha value is -1.66. The van der Waals surface area contributed by atoms with Gasteiger partial charge in [0.25, 0.3) is 0 Å². The van der Waals surface area contributed by atoms with Gasteiger partial charge in [-0.25, -0.2) is 4.98 Å². The second-order valence-corrected chi connectivity index (χ2v) is 10.4. The highest BCUT2D eigenvalue weighted by Crippen LogP contribution is 2.30. The van der Waals surface area contributed by atoms with Crippen LogP contribution in [0.1, 0.15) is 66.5 Å². The second-order valence-electron chi connectivity index (χ2n) is 9.11. The van der Waals surface area contributed by atoms with Gasteiger partial charge in [-0.3, -0.25) is 0 Å². The van der Waals surface area contributed by atoms with E-state index in [0.29, 0.717) is 6.04 Å². The Morgan fingerprint density at radius 2 is 1.80 bits per heavy atom. The molecule has 2 aliphatic carbocycles. The van der Waals surface area contributed by atoms with Gasteiger partial charge in [0.2, 0.25) is 5.95 Å². The topological polar surface area (TPSA) is 53.1 Å². The Kier molecular flexibility index (Phi) is 7.26. The van der Waals surface area contributed by atoms with Crippen LogP contribution in [0.25, 0.3) is 0 Å². The van der Waals surface area contributed by atoms with Gasteiger partial charge in [0, 0.05) is 42.0 Å². The van der Waals surface area contributed by atoms with Gasteiger partial charge in [-0.1, -0.05) is 6.92 Å².